The molecule has 1 heterocycles. The topological polar surface area (TPSA) is 8.17 Å². The zero-order valence-corrected chi connectivity index (χ0v) is 35.1. The molecule has 0 spiro atoms. The smallest absolute Gasteiger partial charge is 0.0553 e. The Labute approximate surface area is 373 Å². The fourth-order valence-corrected chi connectivity index (χ4v) is 9.70. The molecule has 2 heteroatoms. The van der Waals surface area contributed by atoms with Crippen molar-refractivity contribution in [3.63, 3.8) is 0 Å². The van der Waals surface area contributed by atoms with E-state index in [2.05, 4.69) is 264 Å². The van der Waals surface area contributed by atoms with Crippen LogP contribution in [0.4, 0.5) is 17.1 Å². The van der Waals surface area contributed by atoms with E-state index in [0.29, 0.717) is 0 Å². The van der Waals surface area contributed by atoms with Crippen molar-refractivity contribution >= 4 is 60.4 Å². The number of rotatable bonds is 8. The largest absolute Gasteiger partial charge is 0.310 e. The molecule has 0 aliphatic carbocycles. The molecule has 0 saturated carbocycles. The van der Waals surface area contributed by atoms with Crippen molar-refractivity contribution < 1.29 is 0 Å². The molecular formula is C62H42N2. The number of aromatic nitrogens is 1. The lowest BCUT2D eigenvalue weighted by molar-refractivity contribution is 1.18. The first-order chi connectivity index (χ1) is 31.7. The number of hydrogen-bond acceptors (Lipinski definition) is 1. The fourth-order valence-electron chi connectivity index (χ4n) is 9.70. The van der Waals surface area contributed by atoms with E-state index in [1.807, 2.05) is 0 Å². The third kappa shape index (κ3) is 6.61. The Kier molecular flexibility index (Phi) is 9.20. The highest BCUT2D eigenvalue weighted by Crippen LogP contribution is 2.45. The number of hydrogen-bond donors (Lipinski definition) is 0. The van der Waals surface area contributed by atoms with Crippen molar-refractivity contribution in [1.29, 1.82) is 0 Å². The minimum Gasteiger partial charge on any atom is -0.310 e. The second-order valence-corrected chi connectivity index (χ2v) is 16.6. The molecule has 300 valence electrons. The molecule has 2 nitrogen and oxygen atoms in total. The summed E-state index contributed by atoms with van der Waals surface area (Å²) in [5.74, 6) is 0. The Hall–Kier alpha value is -8.46. The van der Waals surface area contributed by atoms with E-state index in [-0.39, 0.29) is 0 Å². The zero-order valence-electron chi connectivity index (χ0n) is 35.1. The summed E-state index contributed by atoms with van der Waals surface area (Å²) in [5.41, 5.74) is 16.4. The van der Waals surface area contributed by atoms with E-state index in [1.165, 1.54) is 87.9 Å². The van der Waals surface area contributed by atoms with E-state index in [0.717, 1.165) is 22.7 Å². The van der Waals surface area contributed by atoms with Crippen LogP contribution in [0.25, 0.3) is 93.5 Å². The molecule has 0 aliphatic rings. The average Bonchev–Trinajstić information content (AvgIpc) is 3.70. The van der Waals surface area contributed by atoms with Gasteiger partial charge >= 0.3 is 0 Å². The number of benzene rings is 11. The van der Waals surface area contributed by atoms with Crippen LogP contribution in [-0.4, -0.2) is 4.57 Å². The quantitative estimate of drug-likeness (QED) is 0.148. The van der Waals surface area contributed by atoms with Crippen LogP contribution in [0.1, 0.15) is 0 Å². The van der Waals surface area contributed by atoms with E-state index in [1.54, 1.807) is 0 Å². The maximum atomic E-state index is 2.42. The standard InChI is InChI=1S/C62H42N2/c1-4-17-43(18-5-1)50-37-51(44-19-6-2-7-20-44)39-52(38-50)46-31-34-54(35-32-46)63(56-36-33-45-21-10-11-22-47(45)40-56)55-27-16-24-49(41-55)61-57-28-13-12-23-48(57)42-60-62(61)58-29-14-15-30-59(58)64(60)53-25-8-3-9-26-53/h1-42H. The van der Waals surface area contributed by atoms with Crippen LogP contribution in [0.15, 0.2) is 255 Å². The third-order valence-electron chi connectivity index (χ3n) is 12.7. The van der Waals surface area contributed by atoms with Gasteiger partial charge in [0.15, 0.2) is 0 Å². The Bertz CT molecular complexity index is 3590. The normalized spacial score (nSPS) is 11.4. The van der Waals surface area contributed by atoms with Gasteiger partial charge in [-0.05, 0) is 145 Å². The highest BCUT2D eigenvalue weighted by Gasteiger charge is 2.21. The van der Waals surface area contributed by atoms with Crippen molar-refractivity contribution in [2.45, 2.75) is 0 Å². The molecule has 64 heavy (non-hydrogen) atoms. The molecule has 0 aliphatic heterocycles. The molecule has 0 saturated heterocycles. The van der Waals surface area contributed by atoms with Gasteiger partial charge in [-0.1, -0.05) is 176 Å². The van der Waals surface area contributed by atoms with Gasteiger partial charge in [-0.3, -0.25) is 0 Å². The molecule has 11 aromatic carbocycles. The second-order valence-electron chi connectivity index (χ2n) is 16.6. The molecule has 0 N–H and O–H groups in total. The molecule has 12 aromatic rings. The molecular weight excluding hydrogens is 773 g/mol. The fraction of sp³-hybridized carbons (Fsp3) is 0. The van der Waals surface area contributed by atoms with Crippen LogP contribution in [0.5, 0.6) is 0 Å². The summed E-state index contributed by atoms with van der Waals surface area (Å²) in [6, 6.07) is 92.8. The van der Waals surface area contributed by atoms with Crippen LogP contribution in [-0.2, 0) is 0 Å². The first-order valence-electron chi connectivity index (χ1n) is 22.0. The van der Waals surface area contributed by atoms with Crippen LogP contribution in [0.3, 0.4) is 0 Å². The molecule has 0 unspecified atom stereocenters. The summed E-state index contributed by atoms with van der Waals surface area (Å²) in [4.78, 5) is 2.41. The van der Waals surface area contributed by atoms with Crippen LogP contribution >= 0.6 is 0 Å². The Morgan fingerprint density at radius 3 is 1.47 bits per heavy atom. The maximum absolute atomic E-state index is 2.42. The minimum atomic E-state index is 1.09. The van der Waals surface area contributed by atoms with E-state index < -0.39 is 0 Å². The first-order valence-corrected chi connectivity index (χ1v) is 22.0. The SMILES string of the molecule is c1ccc(-c2cc(-c3ccccc3)cc(-c3ccc(N(c4cccc(-c5c6ccccc6cc6c5c5ccccc5n6-c5ccccc5)c4)c4ccc5ccccc5c4)cc3)c2)cc1. The Morgan fingerprint density at radius 1 is 0.266 bits per heavy atom. The van der Waals surface area contributed by atoms with Crippen LogP contribution < -0.4 is 4.90 Å². The monoisotopic (exact) mass is 814 g/mol. The van der Waals surface area contributed by atoms with Crippen molar-refractivity contribution in [2.75, 3.05) is 4.90 Å². The molecule has 12 rings (SSSR count). The Morgan fingerprint density at radius 2 is 0.781 bits per heavy atom. The summed E-state index contributed by atoms with van der Waals surface area (Å²) in [7, 11) is 0. The van der Waals surface area contributed by atoms with Gasteiger partial charge < -0.3 is 9.47 Å². The lowest BCUT2D eigenvalue weighted by Gasteiger charge is -2.27. The lowest BCUT2D eigenvalue weighted by Crippen LogP contribution is -2.10. The van der Waals surface area contributed by atoms with Gasteiger partial charge in [0, 0.05) is 33.5 Å². The predicted molar refractivity (Wildman–Crippen MR) is 272 cm³/mol. The van der Waals surface area contributed by atoms with Gasteiger partial charge in [0.05, 0.1) is 11.0 Å². The highest BCUT2D eigenvalue weighted by atomic mass is 15.1. The van der Waals surface area contributed by atoms with E-state index in [4.69, 9.17) is 0 Å². The number of para-hydroxylation sites is 2. The van der Waals surface area contributed by atoms with Crippen molar-refractivity contribution in [3.05, 3.63) is 255 Å². The summed E-state index contributed by atoms with van der Waals surface area (Å²) in [6.45, 7) is 0. The lowest BCUT2D eigenvalue weighted by atomic mass is 9.92. The van der Waals surface area contributed by atoms with E-state index >= 15 is 0 Å². The van der Waals surface area contributed by atoms with Crippen molar-refractivity contribution in [1.82, 2.24) is 4.57 Å². The minimum absolute atomic E-state index is 1.09. The summed E-state index contributed by atoms with van der Waals surface area (Å²) >= 11 is 0. The summed E-state index contributed by atoms with van der Waals surface area (Å²) in [6.07, 6.45) is 0. The van der Waals surface area contributed by atoms with Crippen LogP contribution in [0.2, 0.25) is 0 Å². The molecule has 1 aromatic heterocycles. The number of anilines is 3. The van der Waals surface area contributed by atoms with Gasteiger partial charge in [0.2, 0.25) is 0 Å². The summed E-state index contributed by atoms with van der Waals surface area (Å²) in [5, 5.41) is 7.36. The van der Waals surface area contributed by atoms with Gasteiger partial charge in [-0.15, -0.1) is 0 Å². The second kappa shape index (κ2) is 15.8. The van der Waals surface area contributed by atoms with Gasteiger partial charge in [0.25, 0.3) is 0 Å². The van der Waals surface area contributed by atoms with Crippen molar-refractivity contribution in [2.24, 2.45) is 0 Å². The summed E-state index contributed by atoms with van der Waals surface area (Å²) < 4.78 is 2.42. The zero-order chi connectivity index (χ0) is 42.4. The third-order valence-corrected chi connectivity index (χ3v) is 12.7. The number of fused-ring (bicyclic) bond motifs is 5. The van der Waals surface area contributed by atoms with Crippen molar-refractivity contribution in [3.8, 4) is 50.2 Å². The number of nitrogens with zero attached hydrogens (tertiary/aromatic N) is 2. The van der Waals surface area contributed by atoms with Gasteiger partial charge in [0.1, 0.15) is 0 Å². The Balaban J connectivity index is 1.04. The van der Waals surface area contributed by atoms with Gasteiger partial charge in [-0.2, -0.15) is 0 Å². The molecule has 0 atom stereocenters. The highest BCUT2D eigenvalue weighted by molar-refractivity contribution is 6.23. The maximum Gasteiger partial charge on any atom is 0.0553 e. The molecule has 0 bridgehead atoms. The van der Waals surface area contributed by atoms with Gasteiger partial charge in [-0.25, -0.2) is 0 Å². The van der Waals surface area contributed by atoms with E-state index in [9.17, 15) is 0 Å². The first kappa shape index (κ1) is 37.3. The molecule has 0 fully saturated rings. The molecule has 0 amide bonds. The molecule has 0 radical (unpaired) electrons. The predicted octanol–water partition coefficient (Wildman–Crippen LogP) is 17.2. The average molecular weight is 815 g/mol. The van der Waals surface area contributed by atoms with Crippen LogP contribution in [0, 0.1) is 0 Å².